The average molecular weight is 443 g/mol. The first-order chi connectivity index (χ1) is 11.6. The number of nitrogens with zero attached hydrogens (tertiary/aromatic N) is 6. The molecule has 1 aromatic heterocycles. The van der Waals surface area contributed by atoms with E-state index in [9.17, 15) is 0 Å². The van der Waals surface area contributed by atoms with Crippen LogP contribution in [0, 0.1) is 0 Å². The van der Waals surface area contributed by atoms with Crippen molar-refractivity contribution in [3.63, 3.8) is 0 Å². The van der Waals surface area contributed by atoms with E-state index in [1.165, 1.54) is 51.9 Å². The molecule has 1 aromatic rings. The molecule has 0 aromatic carbocycles. The van der Waals surface area contributed by atoms with Crippen molar-refractivity contribution in [1.29, 1.82) is 0 Å². The minimum Gasteiger partial charge on any atom is -0.307 e. The van der Waals surface area contributed by atoms with Crippen molar-refractivity contribution in [3.8, 4) is 0 Å². The molecule has 1 saturated carbocycles. The first-order valence-electron chi connectivity index (χ1n) is 8.87. The summed E-state index contributed by atoms with van der Waals surface area (Å²) in [6.45, 7) is 4.83. The van der Waals surface area contributed by atoms with Gasteiger partial charge in [0.05, 0.1) is 40.7 Å². The molecule has 0 amide bonds. The summed E-state index contributed by atoms with van der Waals surface area (Å²) in [5.41, 5.74) is 7.26. The smallest absolute Gasteiger partial charge is 0.159 e. The molecule has 0 spiro atoms. The predicted octanol–water partition coefficient (Wildman–Crippen LogP) is 1.90. The van der Waals surface area contributed by atoms with Crippen LogP contribution in [0.5, 0.6) is 0 Å². The van der Waals surface area contributed by atoms with Crippen LogP contribution in [0.4, 0.5) is 5.82 Å². The molecular formula is C16H26IN7. The molecule has 0 bridgehead atoms. The Bertz CT molecular complexity index is 600. The van der Waals surface area contributed by atoms with Gasteiger partial charge in [0, 0.05) is 32.2 Å². The van der Waals surface area contributed by atoms with Crippen LogP contribution in [0.25, 0.3) is 0 Å². The van der Waals surface area contributed by atoms with Crippen molar-refractivity contribution in [2.45, 2.75) is 43.9 Å². The quantitative estimate of drug-likeness (QED) is 0.559. The largest absolute Gasteiger partial charge is 0.307 e. The molecule has 1 aliphatic carbocycles. The second-order valence-corrected chi connectivity index (χ2v) is 8.32. The normalized spacial score (nSPS) is 32.1. The van der Waals surface area contributed by atoms with E-state index in [2.05, 4.69) is 54.5 Å². The first-order valence-corrected chi connectivity index (χ1v) is 9.84. The number of piperazine rings is 1. The summed E-state index contributed by atoms with van der Waals surface area (Å²) >= 11 is 2.19. The highest BCUT2D eigenvalue weighted by Gasteiger charge is 2.31. The Morgan fingerprint density at radius 1 is 1.08 bits per heavy atom. The zero-order valence-corrected chi connectivity index (χ0v) is 16.3. The Morgan fingerprint density at radius 2 is 1.75 bits per heavy atom. The van der Waals surface area contributed by atoms with Crippen molar-refractivity contribution in [3.05, 3.63) is 11.8 Å². The summed E-state index contributed by atoms with van der Waals surface area (Å²) in [5, 5.41) is 4.63. The number of likely N-dealkylation sites (N-methyl/N-ethyl adjacent to an activating group) is 1. The lowest BCUT2D eigenvalue weighted by Crippen LogP contribution is -2.49. The third-order valence-electron chi connectivity index (χ3n) is 5.74. The topological polar surface area (TPSA) is 65.9 Å². The van der Waals surface area contributed by atoms with E-state index in [1.807, 2.05) is 15.6 Å². The molecule has 2 N–H and O–H groups in total. The van der Waals surface area contributed by atoms with Crippen LogP contribution < -0.4 is 5.73 Å². The zero-order chi connectivity index (χ0) is 16.7. The predicted molar refractivity (Wildman–Crippen MR) is 104 cm³/mol. The van der Waals surface area contributed by atoms with Crippen molar-refractivity contribution in [2.75, 3.05) is 33.2 Å². The molecule has 7 nitrogen and oxygen atoms in total. The lowest BCUT2D eigenvalue weighted by Gasteiger charge is -2.41. The Morgan fingerprint density at radius 3 is 2.46 bits per heavy atom. The third kappa shape index (κ3) is 3.09. The number of hydrogen-bond acceptors (Lipinski definition) is 6. The van der Waals surface area contributed by atoms with Gasteiger partial charge in [0.25, 0.3) is 0 Å². The van der Waals surface area contributed by atoms with Crippen LogP contribution in [0.1, 0.15) is 43.5 Å². The van der Waals surface area contributed by atoms with E-state index in [0.29, 0.717) is 6.04 Å². The van der Waals surface area contributed by atoms with E-state index < -0.39 is 0 Å². The Labute approximate surface area is 157 Å². The number of halogens is 1. The number of hydrogen-bond donors (Lipinski definition) is 1. The van der Waals surface area contributed by atoms with Gasteiger partial charge in [0.15, 0.2) is 5.82 Å². The summed E-state index contributed by atoms with van der Waals surface area (Å²) in [5.74, 6) is 0.957. The third-order valence-corrected chi connectivity index (χ3v) is 6.59. The maximum absolute atomic E-state index is 6.23. The minimum atomic E-state index is -0.145. The molecule has 2 aliphatic heterocycles. The number of aliphatic imine (C=N–C) groups is 1. The monoisotopic (exact) mass is 443 g/mol. The highest BCUT2D eigenvalue weighted by Crippen LogP contribution is 2.38. The number of aromatic nitrogens is 2. The highest BCUT2D eigenvalue weighted by atomic mass is 127. The summed E-state index contributed by atoms with van der Waals surface area (Å²) in [7, 11) is 2.22. The van der Waals surface area contributed by atoms with E-state index >= 15 is 0 Å². The Kier molecular flexibility index (Phi) is 4.81. The maximum atomic E-state index is 6.23. The molecule has 1 atom stereocenters. The van der Waals surface area contributed by atoms with Gasteiger partial charge < -0.3 is 10.6 Å². The second-order valence-electron chi connectivity index (χ2n) is 7.20. The Hall–Kier alpha value is -0.710. The summed E-state index contributed by atoms with van der Waals surface area (Å²) in [4.78, 5) is 9.69. The molecule has 3 aliphatic rings. The lowest BCUT2D eigenvalue weighted by atomic mass is 9.90. The van der Waals surface area contributed by atoms with E-state index in [4.69, 9.17) is 5.73 Å². The van der Waals surface area contributed by atoms with Gasteiger partial charge >= 0.3 is 0 Å². The van der Waals surface area contributed by atoms with Gasteiger partial charge in [-0.1, -0.05) is 0 Å². The van der Waals surface area contributed by atoms with Crippen LogP contribution in [0.2, 0.25) is 0 Å². The van der Waals surface area contributed by atoms with Crippen molar-refractivity contribution in [1.82, 2.24) is 22.7 Å². The molecule has 2 fully saturated rings. The van der Waals surface area contributed by atoms with Gasteiger partial charge in [-0.05, 0) is 32.7 Å². The molecular weight excluding hydrogens is 417 g/mol. The van der Waals surface area contributed by atoms with Crippen molar-refractivity contribution < 1.29 is 0 Å². The van der Waals surface area contributed by atoms with Gasteiger partial charge in [-0.15, -0.1) is 0 Å². The van der Waals surface area contributed by atoms with Gasteiger partial charge in [0.2, 0.25) is 0 Å². The second kappa shape index (κ2) is 6.89. The molecule has 24 heavy (non-hydrogen) atoms. The number of fused-ring (bicyclic) bond motifs is 1. The van der Waals surface area contributed by atoms with Crippen LogP contribution >= 0.6 is 22.9 Å². The van der Waals surface area contributed by atoms with Gasteiger partial charge in [-0.25, -0.2) is 9.67 Å². The fourth-order valence-electron chi connectivity index (χ4n) is 4.15. The highest BCUT2D eigenvalue weighted by molar-refractivity contribution is 14.1. The van der Waals surface area contributed by atoms with Gasteiger partial charge in [-0.3, -0.25) is 8.01 Å². The van der Waals surface area contributed by atoms with E-state index in [0.717, 1.165) is 17.4 Å². The average Bonchev–Trinajstić information content (AvgIpc) is 3.04. The van der Waals surface area contributed by atoms with Crippen LogP contribution in [0.3, 0.4) is 0 Å². The Balaban J connectivity index is 1.41. The molecule has 0 radical (unpaired) electrons. The molecule has 8 heteroatoms. The first kappa shape index (κ1) is 16.7. The fraction of sp³-hybridized carbons (Fsp3) is 0.750. The van der Waals surface area contributed by atoms with Crippen LogP contribution in [-0.4, -0.2) is 68.3 Å². The van der Waals surface area contributed by atoms with Crippen molar-refractivity contribution >= 4 is 35.0 Å². The van der Waals surface area contributed by atoms with Crippen LogP contribution in [-0.2, 0) is 0 Å². The molecule has 1 unspecified atom stereocenters. The number of nitrogens with two attached hydrogens (primary N) is 1. The molecule has 1 saturated heterocycles. The van der Waals surface area contributed by atoms with Gasteiger partial charge in [-0.2, -0.15) is 5.10 Å². The zero-order valence-electron chi connectivity index (χ0n) is 14.2. The standard InChI is InChI=1S/C16H26IN7/c1-21-6-8-22(9-7-21)12-2-4-13(5-3-12)24-16-14(10-20-24)15(18)23(17)11-19-16/h10-13,15H,2-9,18H2,1H3. The molecule has 132 valence electrons. The van der Waals surface area contributed by atoms with Crippen LogP contribution in [0.15, 0.2) is 11.2 Å². The maximum Gasteiger partial charge on any atom is 0.159 e. The van der Waals surface area contributed by atoms with E-state index in [1.54, 1.807) is 0 Å². The fourth-order valence-corrected chi connectivity index (χ4v) is 4.57. The summed E-state index contributed by atoms with van der Waals surface area (Å²) in [6, 6.07) is 1.21. The minimum absolute atomic E-state index is 0.145. The van der Waals surface area contributed by atoms with Crippen molar-refractivity contribution in [2.24, 2.45) is 10.7 Å². The van der Waals surface area contributed by atoms with Gasteiger partial charge in [0.1, 0.15) is 12.5 Å². The number of rotatable bonds is 2. The van der Waals surface area contributed by atoms with E-state index in [-0.39, 0.29) is 6.17 Å². The lowest BCUT2D eigenvalue weighted by molar-refractivity contribution is 0.0812. The molecule has 4 rings (SSSR count). The summed E-state index contributed by atoms with van der Waals surface area (Å²) < 4.78 is 4.02. The SMILES string of the molecule is CN1CCN(C2CCC(n3ncc4c3N=CN(I)C4N)CC2)CC1. The molecule has 3 heterocycles. The summed E-state index contributed by atoms with van der Waals surface area (Å²) in [6.07, 6.45) is 8.45.